The summed E-state index contributed by atoms with van der Waals surface area (Å²) in [5.41, 5.74) is 0.610. The largest absolute Gasteiger partial charge is 0.454 e. The lowest BCUT2D eigenvalue weighted by molar-refractivity contribution is -0.178. The number of rotatable bonds is 0. The van der Waals surface area contributed by atoms with E-state index in [0.717, 1.165) is 38.5 Å². The Morgan fingerprint density at radius 2 is 1.96 bits per heavy atom. The molecule has 1 saturated heterocycles. The minimum absolute atomic E-state index is 0.0628. The first-order chi connectivity index (χ1) is 10.8. The third-order valence-electron chi connectivity index (χ3n) is 8.56. The Morgan fingerprint density at radius 3 is 2.74 bits per heavy atom. The second kappa shape index (κ2) is 3.92. The van der Waals surface area contributed by atoms with E-state index in [1.807, 2.05) is 0 Å². The van der Waals surface area contributed by atoms with Crippen molar-refractivity contribution in [2.45, 2.75) is 64.9 Å². The quantitative estimate of drug-likeness (QED) is 0.506. The molecule has 3 nitrogen and oxygen atoms in total. The van der Waals surface area contributed by atoms with Crippen molar-refractivity contribution in [2.24, 2.45) is 34.0 Å². The molecule has 2 bridgehead atoms. The van der Waals surface area contributed by atoms with Crippen LogP contribution in [0.15, 0.2) is 12.2 Å². The van der Waals surface area contributed by atoms with Gasteiger partial charge in [0.05, 0.1) is 5.41 Å². The highest BCUT2D eigenvalue weighted by molar-refractivity contribution is 5.97. The Hall–Kier alpha value is -1.12. The van der Waals surface area contributed by atoms with Gasteiger partial charge in [0.2, 0.25) is 0 Å². The molecule has 1 aliphatic heterocycles. The van der Waals surface area contributed by atoms with E-state index in [0.29, 0.717) is 11.8 Å². The van der Waals surface area contributed by atoms with Gasteiger partial charge in [-0.3, -0.25) is 9.59 Å². The predicted octanol–water partition coefficient (Wildman–Crippen LogP) is 3.67. The molecule has 124 valence electrons. The first-order valence-corrected chi connectivity index (χ1v) is 9.26. The number of carbonyl (C=O) groups excluding carboxylic acids is 2. The van der Waals surface area contributed by atoms with E-state index in [1.54, 1.807) is 0 Å². The van der Waals surface area contributed by atoms with E-state index < -0.39 is 11.5 Å². The summed E-state index contributed by atoms with van der Waals surface area (Å²) >= 11 is 0. The molecule has 5 fully saturated rings. The molecule has 0 aromatic heterocycles. The van der Waals surface area contributed by atoms with Crippen molar-refractivity contribution >= 4 is 11.8 Å². The average molecular weight is 314 g/mol. The van der Waals surface area contributed by atoms with Gasteiger partial charge in [-0.2, -0.15) is 0 Å². The molecule has 0 aromatic carbocycles. The summed E-state index contributed by atoms with van der Waals surface area (Å²) in [6, 6.07) is 0. The second-order valence-corrected chi connectivity index (χ2v) is 9.47. The summed E-state index contributed by atoms with van der Waals surface area (Å²) in [4.78, 5) is 26.2. The number of esters is 1. The van der Waals surface area contributed by atoms with E-state index in [2.05, 4.69) is 20.4 Å². The number of hydrogen-bond donors (Lipinski definition) is 0. The SMILES string of the molecule is C=C1C[C@]23C[C@H]1CC[C@H]2[C@]1(C)CCC[C@]2(C)C(=O)O[C@H](C3=O)[C@@H]12. The van der Waals surface area contributed by atoms with E-state index in [9.17, 15) is 9.59 Å². The number of allylic oxidation sites excluding steroid dienone is 1. The van der Waals surface area contributed by atoms with E-state index in [-0.39, 0.29) is 28.5 Å². The van der Waals surface area contributed by atoms with Gasteiger partial charge in [-0.05, 0) is 62.7 Å². The fourth-order valence-corrected chi connectivity index (χ4v) is 7.72. The van der Waals surface area contributed by atoms with Crippen molar-refractivity contribution < 1.29 is 14.3 Å². The van der Waals surface area contributed by atoms with Crippen molar-refractivity contribution in [1.82, 2.24) is 0 Å². The van der Waals surface area contributed by atoms with Crippen molar-refractivity contribution in [3.63, 3.8) is 0 Å². The molecule has 7 atom stereocenters. The Labute approximate surface area is 137 Å². The summed E-state index contributed by atoms with van der Waals surface area (Å²) in [5, 5.41) is 0. The third kappa shape index (κ3) is 1.36. The molecular formula is C20H26O3. The van der Waals surface area contributed by atoms with E-state index >= 15 is 0 Å². The predicted molar refractivity (Wildman–Crippen MR) is 85.5 cm³/mol. The zero-order valence-corrected chi connectivity index (χ0v) is 14.2. The Morgan fingerprint density at radius 1 is 1.17 bits per heavy atom. The Bertz CT molecular complexity index is 651. The van der Waals surface area contributed by atoms with E-state index in [1.165, 1.54) is 12.0 Å². The monoisotopic (exact) mass is 314 g/mol. The van der Waals surface area contributed by atoms with Gasteiger partial charge in [0.15, 0.2) is 11.9 Å². The summed E-state index contributed by atoms with van der Waals surface area (Å²) < 4.78 is 5.77. The van der Waals surface area contributed by atoms with Crippen LogP contribution in [-0.2, 0) is 14.3 Å². The lowest BCUT2D eigenvalue weighted by Gasteiger charge is -2.61. The van der Waals surface area contributed by atoms with Gasteiger partial charge in [0.1, 0.15) is 0 Å². The Balaban J connectivity index is 1.71. The maximum absolute atomic E-state index is 13.5. The minimum atomic E-state index is -0.487. The van der Waals surface area contributed by atoms with Gasteiger partial charge in [-0.15, -0.1) is 0 Å². The number of Topliss-reactive ketones (excluding diaryl/α,β-unsaturated/α-hetero) is 1. The molecular weight excluding hydrogens is 288 g/mol. The summed E-state index contributed by atoms with van der Waals surface area (Å²) in [5.74, 6) is 1.14. The van der Waals surface area contributed by atoms with Crippen LogP contribution in [0.2, 0.25) is 0 Å². The molecule has 0 unspecified atom stereocenters. The molecule has 0 radical (unpaired) electrons. The molecule has 5 aliphatic rings. The van der Waals surface area contributed by atoms with Crippen LogP contribution in [-0.4, -0.2) is 17.9 Å². The van der Waals surface area contributed by atoms with Crippen LogP contribution >= 0.6 is 0 Å². The van der Waals surface area contributed by atoms with Crippen LogP contribution in [0.5, 0.6) is 0 Å². The fourth-order valence-electron chi connectivity index (χ4n) is 7.72. The molecule has 5 rings (SSSR count). The smallest absolute Gasteiger partial charge is 0.312 e. The van der Waals surface area contributed by atoms with Crippen LogP contribution in [0, 0.1) is 34.0 Å². The van der Waals surface area contributed by atoms with Crippen molar-refractivity contribution in [1.29, 1.82) is 0 Å². The number of fused-ring (bicyclic) bond motifs is 2. The van der Waals surface area contributed by atoms with Gasteiger partial charge < -0.3 is 4.74 Å². The molecule has 0 amide bonds. The normalized spacial score (nSPS) is 57.0. The molecule has 1 heterocycles. The van der Waals surface area contributed by atoms with Crippen LogP contribution in [0.4, 0.5) is 0 Å². The van der Waals surface area contributed by atoms with Crippen LogP contribution in [0.3, 0.4) is 0 Å². The zero-order chi connectivity index (χ0) is 16.2. The average Bonchev–Trinajstić information content (AvgIpc) is 2.91. The zero-order valence-electron chi connectivity index (χ0n) is 14.2. The number of ketones is 1. The molecule has 4 aliphatic carbocycles. The van der Waals surface area contributed by atoms with E-state index in [4.69, 9.17) is 4.74 Å². The van der Waals surface area contributed by atoms with Gasteiger partial charge in [-0.1, -0.05) is 25.5 Å². The second-order valence-electron chi connectivity index (χ2n) is 9.47. The fraction of sp³-hybridized carbons (Fsp3) is 0.800. The lowest BCUT2D eigenvalue weighted by atomic mass is 9.40. The summed E-state index contributed by atoms with van der Waals surface area (Å²) in [6.45, 7) is 8.70. The van der Waals surface area contributed by atoms with Crippen LogP contribution in [0.1, 0.15) is 58.8 Å². The number of hydrogen-bond acceptors (Lipinski definition) is 3. The van der Waals surface area contributed by atoms with Gasteiger partial charge in [0, 0.05) is 11.3 Å². The molecule has 1 spiro atoms. The Kier molecular flexibility index (Phi) is 2.43. The molecule has 23 heavy (non-hydrogen) atoms. The molecule has 0 N–H and O–H groups in total. The van der Waals surface area contributed by atoms with Gasteiger partial charge >= 0.3 is 5.97 Å². The molecule has 3 heteroatoms. The minimum Gasteiger partial charge on any atom is -0.454 e. The topological polar surface area (TPSA) is 43.4 Å². The van der Waals surface area contributed by atoms with Crippen molar-refractivity contribution in [3.05, 3.63) is 12.2 Å². The summed E-state index contributed by atoms with van der Waals surface area (Å²) in [6.07, 6.45) is 6.71. The number of ether oxygens (including phenoxy) is 1. The maximum Gasteiger partial charge on any atom is 0.312 e. The third-order valence-corrected chi connectivity index (χ3v) is 8.56. The first kappa shape index (κ1) is 14.2. The van der Waals surface area contributed by atoms with Gasteiger partial charge in [-0.25, -0.2) is 0 Å². The van der Waals surface area contributed by atoms with Crippen LogP contribution < -0.4 is 0 Å². The standard InChI is InChI=1S/C20H26O3/c1-11-9-20-10-12(11)5-6-13(20)18(2)7-4-8-19(3)15(18)14(16(20)21)23-17(19)22/h12-15H,1,4-10H2,2-3H3/t12-,13+,14+,15+,18+,19+,20+/m1/s1. The van der Waals surface area contributed by atoms with Gasteiger partial charge in [0.25, 0.3) is 0 Å². The highest BCUT2D eigenvalue weighted by Crippen LogP contribution is 2.72. The maximum atomic E-state index is 13.5. The molecule has 4 saturated carbocycles. The lowest BCUT2D eigenvalue weighted by Crippen LogP contribution is -2.64. The highest BCUT2D eigenvalue weighted by Gasteiger charge is 2.75. The highest BCUT2D eigenvalue weighted by atomic mass is 16.6. The van der Waals surface area contributed by atoms with Crippen molar-refractivity contribution in [3.8, 4) is 0 Å². The number of carbonyl (C=O) groups is 2. The summed E-state index contributed by atoms with van der Waals surface area (Å²) in [7, 11) is 0. The van der Waals surface area contributed by atoms with Crippen molar-refractivity contribution in [2.75, 3.05) is 0 Å². The molecule has 0 aromatic rings. The van der Waals surface area contributed by atoms with Crippen LogP contribution in [0.25, 0.3) is 0 Å². The first-order valence-electron chi connectivity index (χ1n) is 9.26.